The van der Waals surface area contributed by atoms with Crippen molar-refractivity contribution in [3.8, 4) is 0 Å². The molecule has 0 aliphatic carbocycles. The van der Waals surface area contributed by atoms with Crippen LogP contribution in [0.4, 0.5) is 0 Å². The number of aliphatic hydroxyl groups excluding tert-OH is 1. The lowest BCUT2D eigenvalue weighted by Gasteiger charge is -2.11. The van der Waals surface area contributed by atoms with E-state index in [1.165, 1.54) is 9.75 Å². The topological polar surface area (TPSA) is 32.3 Å². The minimum absolute atomic E-state index is 0.319. The van der Waals surface area contributed by atoms with Crippen LogP contribution in [-0.4, -0.2) is 18.3 Å². The van der Waals surface area contributed by atoms with Crippen LogP contribution in [-0.2, 0) is 0 Å². The third-order valence-corrected chi connectivity index (χ3v) is 3.66. The van der Waals surface area contributed by atoms with Crippen molar-refractivity contribution in [3.05, 3.63) is 21.9 Å². The van der Waals surface area contributed by atoms with Gasteiger partial charge in [0, 0.05) is 22.4 Å². The molecule has 1 unspecified atom stereocenters. The second-order valence-corrected chi connectivity index (χ2v) is 5.23. The highest BCUT2D eigenvalue weighted by atomic mass is 32.1. The third-order valence-electron chi connectivity index (χ3n) is 2.47. The van der Waals surface area contributed by atoms with Gasteiger partial charge in [0.25, 0.3) is 0 Å². The molecule has 2 nitrogen and oxygen atoms in total. The molecule has 1 heterocycles. The zero-order valence-corrected chi connectivity index (χ0v) is 10.4. The summed E-state index contributed by atoms with van der Waals surface area (Å²) >= 11 is 1.86. The molecule has 0 saturated carbocycles. The molecule has 0 radical (unpaired) electrons. The minimum Gasteiger partial charge on any atom is -0.396 e. The van der Waals surface area contributed by atoms with Crippen LogP contribution in [0.1, 0.15) is 42.0 Å². The highest BCUT2D eigenvalue weighted by Gasteiger charge is 2.05. The molecule has 2 N–H and O–H groups in total. The number of rotatable bonds is 7. The summed E-state index contributed by atoms with van der Waals surface area (Å²) in [6.07, 6.45) is 3.18. The van der Waals surface area contributed by atoms with E-state index in [0.717, 1.165) is 25.8 Å². The van der Waals surface area contributed by atoms with Gasteiger partial charge in [-0.3, -0.25) is 0 Å². The lowest BCUT2D eigenvalue weighted by atomic mass is 10.2. The maximum atomic E-state index is 8.64. The molecule has 0 aliphatic rings. The van der Waals surface area contributed by atoms with Crippen molar-refractivity contribution in [3.63, 3.8) is 0 Å². The molecule has 15 heavy (non-hydrogen) atoms. The summed E-state index contributed by atoms with van der Waals surface area (Å²) in [6, 6.07) is 4.83. The van der Waals surface area contributed by atoms with Gasteiger partial charge < -0.3 is 10.4 Å². The maximum Gasteiger partial charge on any atom is 0.0431 e. The van der Waals surface area contributed by atoms with E-state index in [2.05, 4.69) is 31.3 Å². The van der Waals surface area contributed by atoms with Gasteiger partial charge in [0.1, 0.15) is 0 Å². The molecule has 0 aromatic carbocycles. The number of aryl methyl sites for hydroxylation is 1. The maximum absolute atomic E-state index is 8.64. The summed E-state index contributed by atoms with van der Waals surface area (Å²) in [5.41, 5.74) is 0. The van der Waals surface area contributed by atoms with Crippen LogP contribution in [0.3, 0.4) is 0 Å². The van der Waals surface area contributed by atoms with Crippen LogP contribution >= 0.6 is 11.3 Å². The molecular formula is C12H21NOS. The minimum atomic E-state index is 0.319. The van der Waals surface area contributed by atoms with Crippen molar-refractivity contribution in [2.75, 3.05) is 13.2 Å². The number of unbranched alkanes of at least 4 members (excludes halogenated alkanes) is 2. The van der Waals surface area contributed by atoms with E-state index in [1.807, 2.05) is 11.3 Å². The molecule has 1 aromatic rings. The van der Waals surface area contributed by atoms with E-state index in [9.17, 15) is 0 Å². The van der Waals surface area contributed by atoms with Crippen molar-refractivity contribution in [1.82, 2.24) is 5.32 Å². The van der Waals surface area contributed by atoms with Crippen LogP contribution < -0.4 is 5.32 Å². The highest BCUT2D eigenvalue weighted by molar-refractivity contribution is 7.12. The predicted molar refractivity (Wildman–Crippen MR) is 66.4 cm³/mol. The van der Waals surface area contributed by atoms with Crippen LogP contribution in [0, 0.1) is 6.92 Å². The van der Waals surface area contributed by atoms with Crippen molar-refractivity contribution < 1.29 is 5.11 Å². The zero-order chi connectivity index (χ0) is 11.1. The highest BCUT2D eigenvalue weighted by Crippen LogP contribution is 2.22. The Morgan fingerprint density at radius 3 is 2.73 bits per heavy atom. The Morgan fingerprint density at radius 1 is 1.33 bits per heavy atom. The lowest BCUT2D eigenvalue weighted by molar-refractivity contribution is 0.282. The predicted octanol–water partition coefficient (Wildman–Crippen LogP) is 2.87. The molecule has 0 saturated heterocycles. The van der Waals surface area contributed by atoms with Crippen LogP contribution in [0.15, 0.2) is 12.1 Å². The summed E-state index contributed by atoms with van der Waals surface area (Å²) in [6.45, 7) is 5.71. The Kier molecular flexibility index (Phi) is 5.91. The van der Waals surface area contributed by atoms with Gasteiger partial charge in [-0.15, -0.1) is 11.3 Å². The van der Waals surface area contributed by atoms with Gasteiger partial charge in [0.05, 0.1) is 0 Å². The average Bonchev–Trinajstić information content (AvgIpc) is 2.64. The molecule has 0 amide bonds. The second-order valence-electron chi connectivity index (χ2n) is 3.91. The van der Waals surface area contributed by atoms with E-state index in [4.69, 9.17) is 5.11 Å². The number of aliphatic hydroxyl groups is 1. The number of hydrogen-bond donors (Lipinski definition) is 2. The molecule has 0 aliphatic heterocycles. The quantitative estimate of drug-likeness (QED) is 0.702. The monoisotopic (exact) mass is 227 g/mol. The van der Waals surface area contributed by atoms with E-state index in [0.29, 0.717) is 12.6 Å². The largest absolute Gasteiger partial charge is 0.396 e. The fourth-order valence-electron chi connectivity index (χ4n) is 1.52. The van der Waals surface area contributed by atoms with E-state index >= 15 is 0 Å². The molecule has 1 aromatic heterocycles. The average molecular weight is 227 g/mol. The Bertz CT molecular complexity index is 272. The molecule has 0 fully saturated rings. The summed E-state index contributed by atoms with van der Waals surface area (Å²) in [5.74, 6) is 0. The van der Waals surface area contributed by atoms with Crippen molar-refractivity contribution >= 4 is 11.3 Å². The first kappa shape index (κ1) is 12.7. The summed E-state index contributed by atoms with van der Waals surface area (Å²) in [4.78, 5) is 2.79. The molecule has 86 valence electrons. The standard InChI is InChI=1S/C12H21NOS/c1-10-6-7-12(15-10)11(2)13-8-4-3-5-9-14/h6-7,11,13-14H,3-5,8-9H2,1-2H3. The van der Waals surface area contributed by atoms with Gasteiger partial charge in [0.15, 0.2) is 0 Å². The smallest absolute Gasteiger partial charge is 0.0431 e. The van der Waals surface area contributed by atoms with Crippen molar-refractivity contribution in [2.24, 2.45) is 0 Å². The van der Waals surface area contributed by atoms with E-state index in [1.54, 1.807) is 0 Å². The van der Waals surface area contributed by atoms with Gasteiger partial charge in [-0.25, -0.2) is 0 Å². The first-order chi connectivity index (χ1) is 7.24. The zero-order valence-electron chi connectivity index (χ0n) is 9.62. The van der Waals surface area contributed by atoms with Gasteiger partial charge in [0.2, 0.25) is 0 Å². The Labute approximate surface area is 96.3 Å². The van der Waals surface area contributed by atoms with Crippen LogP contribution in [0.2, 0.25) is 0 Å². The van der Waals surface area contributed by atoms with Gasteiger partial charge >= 0.3 is 0 Å². The Hall–Kier alpha value is -0.380. The van der Waals surface area contributed by atoms with E-state index < -0.39 is 0 Å². The van der Waals surface area contributed by atoms with Crippen molar-refractivity contribution in [1.29, 1.82) is 0 Å². The third kappa shape index (κ3) is 4.78. The second kappa shape index (κ2) is 6.99. The van der Waals surface area contributed by atoms with Crippen LogP contribution in [0.25, 0.3) is 0 Å². The van der Waals surface area contributed by atoms with Gasteiger partial charge in [-0.05, 0) is 51.8 Å². The fraction of sp³-hybridized carbons (Fsp3) is 0.667. The Morgan fingerprint density at radius 2 is 2.13 bits per heavy atom. The summed E-state index contributed by atoms with van der Waals surface area (Å²) in [7, 11) is 0. The lowest BCUT2D eigenvalue weighted by Crippen LogP contribution is -2.18. The molecule has 1 rings (SSSR count). The fourth-order valence-corrected chi connectivity index (χ4v) is 2.42. The first-order valence-electron chi connectivity index (χ1n) is 5.64. The normalized spacial score (nSPS) is 13.0. The molecule has 0 bridgehead atoms. The molecule has 1 atom stereocenters. The molecule has 3 heteroatoms. The van der Waals surface area contributed by atoms with Gasteiger partial charge in [-0.2, -0.15) is 0 Å². The SMILES string of the molecule is Cc1ccc(C(C)NCCCCCO)s1. The first-order valence-corrected chi connectivity index (χ1v) is 6.46. The van der Waals surface area contributed by atoms with E-state index in [-0.39, 0.29) is 0 Å². The Balaban J connectivity index is 2.16. The number of hydrogen-bond acceptors (Lipinski definition) is 3. The molecule has 0 spiro atoms. The van der Waals surface area contributed by atoms with Crippen molar-refractivity contribution in [2.45, 2.75) is 39.2 Å². The summed E-state index contributed by atoms with van der Waals surface area (Å²) < 4.78 is 0. The summed E-state index contributed by atoms with van der Waals surface area (Å²) in [5, 5.41) is 12.1. The van der Waals surface area contributed by atoms with Crippen LogP contribution in [0.5, 0.6) is 0 Å². The number of thiophene rings is 1. The molecular weight excluding hydrogens is 206 g/mol. The van der Waals surface area contributed by atoms with Gasteiger partial charge in [-0.1, -0.05) is 0 Å². The number of nitrogens with one attached hydrogen (secondary N) is 1.